The van der Waals surface area contributed by atoms with Crippen LogP contribution in [0.15, 0.2) is 6.20 Å². The fraction of sp³-hybridized carbons (Fsp3) is 0.722. The Morgan fingerprint density at radius 3 is 2.67 bits per heavy atom. The second-order valence-corrected chi connectivity index (χ2v) is 6.94. The third kappa shape index (κ3) is 4.19. The topological polar surface area (TPSA) is 34.2 Å². The third-order valence-corrected chi connectivity index (χ3v) is 4.59. The molecule has 1 aliphatic carbocycles. The number of rotatable bonds is 8. The molecule has 3 nitrogen and oxygen atoms in total. The van der Waals surface area contributed by atoms with E-state index in [1.165, 1.54) is 36.9 Å². The Labute approximate surface area is 129 Å². The minimum absolute atomic E-state index is 0.273. The maximum absolute atomic E-state index is 5.54. The smallest absolute Gasteiger partial charge is 0.128 e. The molecule has 1 unspecified atom stereocenters. The number of nitrogens with zero attached hydrogens (tertiary/aromatic N) is 1. The lowest BCUT2D eigenvalue weighted by molar-refractivity contribution is 0.270. The van der Waals surface area contributed by atoms with Crippen molar-refractivity contribution in [2.75, 3.05) is 13.7 Å². The number of aromatic nitrogens is 1. The number of ether oxygens (including phenoxy) is 1. The molecule has 0 aliphatic heterocycles. The number of pyridine rings is 1. The van der Waals surface area contributed by atoms with Gasteiger partial charge in [0.2, 0.25) is 0 Å². The molecule has 1 aromatic rings. The lowest BCUT2D eigenvalue weighted by Gasteiger charge is -2.30. The summed E-state index contributed by atoms with van der Waals surface area (Å²) in [5.41, 5.74) is 3.78. The van der Waals surface area contributed by atoms with E-state index in [9.17, 15) is 0 Å². The first kappa shape index (κ1) is 16.3. The minimum atomic E-state index is 0.273. The Balaban J connectivity index is 2.15. The van der Waals surface area contributed by atoms with Gasteiger partial charge in [0.15, 0.2) is 0 Å². The second kappa shape index (κ2) is 6.78. The molecule has 0 radical (unpaired) electrons. The van der Waals surface area contributed by atoms with E-state index in [0.717, 1.165) is 30.3 Å². The van der Waals surface area contributed by atoms with Crippen LogP contribution >= 0.6 is 0 Å². The summed E-state index contributed by atoms with van der Waals surface area (Å²) >= 11 is 0. The van der Waals surface area contributed by atoms with E-state index >= 15 is 0 Å². The second-order valence-electron chi connectivity index (χ2n) is 6.94. The zero-order valence-electron chi connectivity index (χ0n) is 14.3. The van der Waals surface area contributed by atoms with E-state index in [-0.39, 0.29) is 5.41 Å². The fourth-order valence-corrected chi connectivity index (χ4v) is 3.17. The van der Waals surface area contributed by atoms with Gasteiger partial charge in [0.1, 0.15) is 5.75 Å². The van der Waals surface area contributed by atoms with E-state index in [1.54, 1.807) is 7.11 Å². The summed E-state index contributed by atoms with van der Waals surface area (Å²) < 4.78 is 5.54. The van der Waals surface area contributed by atoms with Crippen LogP contribution in [0, 0.1) is 19.3 Å². The molecule has 1 atom stereocenters. The van der Waals surface area contributed by atoms with Gasteiger partial charge in [0, 0.05) is 35.6 Å². The normalized spacial score (nSPS) is 17.6. The van der Waals surface area contributed by atoms with Crippen LogP contribution in [0.5, 0.6) is 5.75 Å². The Hall–Kier alpha value is -1.09. The van der Waals surface area contributed by atoms with Gasteiger partial charge in [-0.15, -0.1) is 0 Å². The maximum Gasteiger partial charge on any atom is 0.128 e. The van der Waals surface area contributed by atoms with Gasteiger partial charge >= 0.3 is 0 Å². The zero-order valence-corrected chi connectivity index (χ0v) is 14.3. The van der Waals surface area contributed by atoms with Crippen LogP contribution in [0.25, 0.3) is 0 Å². The highest BCUT2D eigenvalue weighted by atomic mass is 16.5. The van der Waals surface area contributed by atoms with Crippen LogP contribution in [-0.2, 0) is 6.42 Å². The zero-order chi connectivity index (χ0) is 15.5. The Kier molecular flexibility index (Phi) is 5.26. The van der Waals surface area contributed by atoms with E-state index in [4.69, 9.17) is 4.74 Å². The van der Waals surface area contributed by atoms with Crippen LogP contribution < -0.4 is 10.1 Å². The molecule has 2 rings (SSSR count). The van der Waals surface area contributed by atoms with E-state index in [0.29, 0.717) is 0 Å². The highest BCUT2D eigenvalue weighted by Crippen LogP contribution is 2.32. The molecule has 0 saturated heterocycles. The summed E-state index contributed by atoms with van der Waals surface area (Å²) in [5, 5.41) is 3.70. The van der Waals surface area contributed by atoms with Crippen molar-refractivity contribution in [1.29, 1.82) is 0 Å². The van der Waals surface area contributed by atoms with Crippen molar-refractivity contribution >= 4 is 0 Å². The number of methoxy groups -OCH3 is 1. The van der Waals surface area contributed by atoms with Gasteiger partial charge in [0.25, 0.3) is 0 Å². The number of hydrogen-bond acceptors (Lipinski definition) is 3. The van der Waals surface area contributed by atoms with Gasteiger partial charge in [0.05, 0.1) is 7.11 Å². The van der Waals surface area contributed by atoms with Crippen molar-refractivity contribution in [3.63, 3.8) is 0 Å². The van der Waals surface area contributed by atoms with Crippen molar-refractivity contribution in [2.45, 2.75) is 65.8 Å². The first-order valence-electron chi connectivity index (χ1n) is 8.21. The first-order valence-corrected chi connectivity index (χ1v) is 8.21. The van der Waals surface area contributed by atoms with Gasteiger partial charge in [-0.05, 0) is 44.9 Å². The SMILES string of the molecule is CCCC(C)(CNC1CC1)Cc1ncc(C)c(OC)c1C. The van der Waals surface area contributed by atoms with Crippen LogP contribution in [0.2, 0.25) is 0 Å². The summed E-state index contributed by atoms with van der Waals surface area (Å²) in [6, 6.07) is 0.766. The highest BCUT2D eigenvalue weighted by Gasteiger charge is 2.29. The number of hydrogen-bond donors (Lipinski definition) is 1. The van der Waals surface area contributed by atoms with Gasteiger partial charge in [-0.1, -0.05) is 20.3 Å². The minimum Gasteiger partial charge on any atom is -0.496 e. The summed E-state index contributed by atoms with van der Waals surface area (Å²) in [7, 11) is 1.75. The molecule has 1 fully saturated rings. The first-order chi connectivity index (χ1) is 9.99. The van der Waals surface area contributed by atoms with Crippen molar-refractivity contribution in [1.82, 2.24) is 10.3 Å². The molecule has 0 amide bonds. The summed E-state index contributed by atoms with van der Waals surface area (Å²) in [6.07, 6.45) is 8.09. The van der Waals surface area contributed by atoms with E-state index in [1.807, 2.05) is 6.20 Å². The molecule has 0 aromatic carbocycles. The van der Waals surface area contributed by atoms with Crippen molar-refractivity contribution < 1.29 is 4.74 Å². The van der Waals surface area contributed by atoms with Crippen molar-refractivity contribution in [3.8, 4) is 5.75 Å². The van der Waals surface area contributed by atoms with Gasteiger partial charge in [-0.25, -0.2) is 0 Å². The van der Waals surface area contributed by atoms with Crippen molar-refractivity contribution in [3.05, 3.63) is 23.0 Å². The molecule has 3 heteroatoms. The molecule has 1 heterocycles. The van der Waals surface area contributed by atoms with Crippen LogP contribution in [0.4, 0.5) is 0 Å². The molecular weight excluding hydrogens is 260 g/mol. The quantitative estimate of drug-likeness (QED) is 0.790. The third-order valence-electron chi connectivity index (χ3n) is 4.59. The number of nitrogens with one attached hydrogen (secondary N) is 1. The molecule has 1 aromatic heterocycles. The van der Waals surface area contributed by atoms with Crippen LogP contribution in [0.3, 0.4) is 0 Å². The summed E-state index contributed by atoms with van der Waals surface area (Å²) in [4.78, 5) is 4.69. The maximum atomic E-state index is 5.54. The van der Waals surface area contributed by atoms with Gasteiger partial charge in [-0.3, -0.25) is 4.98 Å². The van der Waals surface area contributed by atoms with E-state index in [2.05, 4.69) is 38.0 Å². The monoisotopic (exact) mass is 290 g/mol. The number of aryl methyl sites for hydroxylation is 1. The predicted molar refractivity (Wildman–Crippen MR) is 88.0 cm³/mol. The average molecular weight is 290 g/mol. The molecule has 1 N–H and O–H groups in total. The predicted octanol–water partition coefficient (Wildman–Crippen LogP) is 3.81. The average Bonchev–Trinajstić information content (AvgIpc) is 3.25. The standard InChI is InChI=1S/C18H30N2O/c1-6-9-18(4,12-20-15-7-8-15)10-16-14(3)17(21-5)13(2)11-19-16/h11,15,20H,6-10,12H2,1-5H3. The van der Waals surface area contributed by atoms with Crippen molar-refractivity contribution in [2.24, 2.45) is 5.41 Å². The van der Waals surface area contributed by atoms with Gasteiger partial charge in [-0.2, -0.15) is 0 Å². The molecular formula is C18H30N2O. The Morgan fingerprint density at radius 2 is 2.10 bits per heavy atom. The molecule has 0 spiro atoms. The molecule has 0 bridgehead atoms. The Bertz CT molecular complexity index is 482. The van der Waals surface area contributed by atoms with Crippen LogP contribution in [-0.4, -0.2) is 24.7 Å². The molecule has 21 heavy (non-hydrogen) atoms. The summed E-state index contributed by atoms with van der Waals surface area (Å²) in [6.45, 7) is 9.94. The Morgan fingerprint density at radius 1 is 1.38 bits per heavy atom. The lowest BCUT2D eigenvalue weighted by Crippen LogP contribution is -2.35. The van der Waals surface area contributed by atoms with E-state index < -0.39 is 0 Å². The summed E-state index contributed by atoms with van der Waals surface area (Å²) in [5.74, 6) is 0.994. The van der Waals surface area contributed by atoms with Gasteiger partial charge < -0.3 is 10.1 Å². The van der Waals surface area contributed by atoms with Crippen LogP contribution in [0.1, 0.15) is 56.4 Å². The highest BCUT2D eigenvalue weighted by molar-refractivity contribution is 5.41. The lowest BCUT2D eigenvalue weighted by atomic mass is 9.80. The fourth-order valence-electron chi connectivity index (χ4n) is 3.17. The largest absolute Gasteiger partial charge is 0.496 e. The molecule has 1 saturated carbocycles. The molecule has 118 valence electrons. The molecule has 1 aliphatic rings.